The lowest BCUT2D eigenvalue weighted by atomic mass is 10.1. The maximum absolute atomic E-state index is 8.68. The van der Waals surface area contributed by atoms with Crippen LogP contribution >= 0.6 is 11.6 Å². The number of ether oxygens (including phenoxy) is 2. The van der Waals surface area contributed by atoms with E-state index in [1.807, 2.05) is 19.9 Å². The molecule has 0 aliphatic heterocycles. The topological polar surface area (TPSA) is 62.8 Å². The standard InChI is InChI=1S/C15H25ClN2O3/c1-11(2)21-15-12(8-13(16)9-14(15)20-3)10-18-5-4-17-6-7-19/h8-9,11,17-19H,4-7,10H2,1-3H3. The number of nitrogens with one attached hydrogen (secondary N) is 2. The minimum Gasteiger partial charge on any atom is -0.493 e. The van der Waals surface area contributed by atoms with Crippen molar-refractivity contribution < 1.29 is 14.6 Å². The molecule has 0 heterocycles. The van der Waals surface area contributed by atoms with Crippen molar-refractivity contribution in [3.63, 3.8) is 0 Å². The molecule has 0 saturated carbocycles. The van der Waals surface area contributed by atoms with Crippen molar-refractivity contribution in [3.8, 4) is 11.5 Å². The SMILES string of the molecule is COc1cc(Cl)cc(CNCCNCCO)c1OC(C)C. The quantitative estimate of drug-likeness (QED) is 0.575. The number of hydrogen-bond acceptors (Lipinski definition) is 5. The van der Waals surface area contributed by atoms with Gasteiger partial charge in [0, 0.05) is 42.8 Å². The summed E-state index contributed by atoms with van der Waals surface area (Å²) in [6.45, 7) is 6.93. The highest BCUT2D eigenvalue weighted by Gasteiger charge is 2.14. The molecule has 0 aromatic heterocycles. The Kier molecular flexibility index (Phi) is 8.45. The number of aliphatic hydroxyl groups is 1. The van der Waals surface area contributed by atoms with E-state index in [9.17, 15) is 0 Å². The van der Waals surface area contributed by atoms with Crippen molar-refractivity contribution >= 4 is 11.6 Å². The van der Waals surface area contributed by atoms with Crippen LogP contribution in [0, 0.1) is 0 Å². The maximum atomic E-state index is 8.68. The molecule has 21 heavy (non-hydrogen) atoms. The fourth-order valence-electron chi connectivity index (χ4n) is 1.88. The van der Waals surface area contributed by atoms with Gasteiger partial charge in [0.05, 0.1) is 19.8 Å². The molecule has 0 bridgehead atoms. The first kappa shape index (κ1) is 18.0. The van der Waals surface area contributed by atoms with E-state index in [4.69, 9.17) is 26.2 Å². The van der Waals surface area contributed by atoms with E-state index in [0.717, 1.165) is 24.4 Å². The van der Waals surface area contributed by atoms with Crippen molar-refractivity contribution in [1.29, 1.82) is 0 Å². The smallest absolute Gasteiger partial charge is 0.166 e. The summed E-state index contributed by atoms with van der Waals surface area (Å²) in [6.07, 6.45) is 0.0602. The van der Waals surface area contributed by atoms with E-state index in [1.165, 1.54) is 0 Å². The monoisotopic (exact) mass is 316 g/mol. The van der Waals surface area contributed by atoms with Gasteiger partial charge in [0.15, 0.2) is 11.5 Å². The van der Waals surface area contributed by atoms with Crippen molar-refractivity contribution in [2.45, 2.75) is 26.5 Å². The lowest BCUT2D eigenvalue weighted by Gasteiger charge is -2.18. The highest BCUT2D eigenvalue weighted by molar-refractivity contribution is 6.30. The van der Waals surface area contributed by atoms with Crippen LogP contribution in [0.5, 0.6) is 11.5 Å². The fraction of sp³-hybridized carbons (Fsp3) is 0.600. The molecular formula is C15H25ClN2O3. The molecule has 0 fully saturated rings. The van der Waals surface area contributed by atoms with Gasteiger partial charge in [-0.1, -0.05) is 11.6 Å². The molecule has 0 spiro atoms. The molecule has 0 saturated heterocycles. The normalized spacial score (nSPS) is 11.0. The lowest BCUT2D eigenvalue weighted by molar-refractivity contribution is 0.227. The Labute approximate surface area is 131 Å². The molecule has 1 rings (SSSR count). The molecule has 0 amide bonds. The van der Waals surface area contributed by atoms with Gasteiger partial charge in [-0.05, 0) is 19.9 Å². The third-order valence-electron chi connectivity index (χ3n) is 2.75. The van der Waals surface area contributed by atoms with E-state index in [0.29, 0.717) is 23.9 Å². The summed E-state index contributed by atoms with van der Waals surface area (Å²) < 4.78 is 11.2. The minimum absolute atomic E-state index is 0.0602. The minimum atomic E-state index is 0.0602. The average molecular weight is 317 g/mol. The van der Waals surface area contributed by atoms with Crippen LogP contribution < -0.4 is 20.1 Å². The highest BCUT2D eigenvalue weighted by Crippen LogP contribution is 2.35. The Morgan fingerprint density at radius 1 is 1.19 bits per heavy atom. The molecular weight excluding hydrogens is 292 g/mol. The molecule has 0 aliphatic carbocycles. The van der Waals surface area contributed by atoms with Gasteiger partial charge in [0.25, 0.3) is 0 Å². The molecule has 120 valence electrons. The summed E-state index contributed by atoms with van der Waals surface area (Å²) >= 11 is 6.12. The zero-order chi connectivity index (χ0) is 15.7. The predicted molar refractivity (Wildman–Crippen MR) is 85.4 cm³/mol. The number of hydrogen-bond donors (Lipinski definition) is 3. The van der Waals surface area contributed by atoms with E-state index in [2.05, 4.69) is 10.6 Å². The molecule has 0 aliphatic rings. The summed E-state index contributed by atoms with van der Waals surface area (Å²) in [5, 5.41) is 15.7. The molecule has 0 unspecified atom stereocenters. The van der Waals surface area contributed by atoms with E-state index in [1.54, 1.807) is 13.2 Å². The van der Waals surface area contributed by atoms with Crippen molar-refractivity contribution in [1.82, 2.24) is 10.6 Å². The number of halogens is 1. The number of benzene rings is 1. The van der Waals surface area contributed by atoms with Crippen LogP contribution in [0.15, 0.2) is 12.1 Å². The van der Waals surface area contributed by atoms with Crippen LogP contribution in [0.25, 0.3) is 0 Å². The lowest BCUT2D eigenvalue weighted by Crippen LogP contribution is -2.29. The van der Waals surface area contributed by atoms with Gasteiger partial charge in [0.1, 0.15) is 0 Å². The Morgan fingerprint density at radius 3 is 2.52 bits per heavy atom. The first-order valence-electron chi connectivity index (χ1n) is 7.13. The van der Waals surface area contributed by atoms with Crippen molar-refractivity contribution in [2.75, 3.05) is 33.4 Å². The number of rotatable bonds is 10. The predicted octanol–water partition coefficient (Wildman–Crippen LogP) is 1.81. The van der Waals surface area contributed by atoms with Crippen LogP contribution in [0.2, 0.25) is 5.02 Å². The van der Waals surface area contributed by atoms with E-state index < -0.39 is 0 Å². The zero-order valence-corrected chi connectivity index (χ0v) is 13.7. The summed E-state index contributed by atoms with van der Waals surface area (Å²) in [5.41, 5.74) is 0.968. The van der Waals surface area contributed by atoms with Gasteiger partial charge in [-0.3, -0.25) is 0 Å². The van der Waals surface area contributed by atoms with Gasteiger partial charge >= 0.3 is 0 Å². The van der Waals surface area contributed by atoms with Crippen LogP contribution in [-0.2, 0) is 6.54 Å². The molecule has 6 heteroatoms. The van der Waals surface area contributed by atoms with Crippen molar-refractivity contribution in [2.24, 2.45) is 0 Å². The van der Waals surface area contributed by atoms with E-state index in [-0.39, 0.29) is 12.7 Å². The molecule has 1 aromatic carbocycles. The first-order valence-corrected chi connectivity index (χ1v) is 7.51. The third kappa shape index (κ3) is 6.52. The molecule has 3 N–H and O–H groups in total. The summed E-state index contributed by atoms with van der Waals surface area (Å²) in [7, 11) is 1.61. The zero-order valence-electron chi connectivity index (χ0n) is 12.9. The molecule has 1 aromatic rings. The van der Waals surface area contributed by atoms with Gasteiger partial charge in [0.2, 0.25) is 0 Å². The molecule has 5 nitrogen and oxygen atoms in total. The average Bonchev–Trinajstić information content (AvgIpc) is 2.44. The van der Waals surface area contributed by atoms with Crippen molar-refractivity contribution in [3.05, 3.63) is 22.7 Å². The van der Waals surface area contributed by atoms with Gasteiger partial charge in [-0.2, -0.15) is 0 Å². The highest BCUT2D eigenvalue weighted by atomic mass is 35.5. The number of methoxy groups -OCH3 is 1. The van der Waals surface area contributed by atoms with Gasteiger partial charge in [-0.25, -0.2) is 0 Å². The Balaban J connectivity index is 2.67. The summed E-state index contributed by atoms with van der Waals surface area (Å²) in [4.78, 5) is 0. The molecule has 0 atom stereocenters. The maximum Gasteiger partial charge on any atom is 0.166 e. The summed E-state index contributed by atoms with van der Waals surface area (Å²) in [5.74, 6) is 1.37. The van der Waals surface area contributed by atoms with Crippen LogP contribution in [0.4, 0.5) is 0 Å². The Hall–Kier alpha value is -1.01. The molecule has 0 radical (unpaired) electrons. The second-order valence-corrected chi connectivity index (χ2v) is 5.35. The summed E-state index contributed by atoms with van der Waals surface area (Å²) in [6, 6.07) is 3.64. The Morgan fingerprint density at radius 2 is 1.90 bits per heavy atom. The van der Waals surface area contributed by atoms with Gasteiger partial charge < -0.3 is 25.2 Å². The third-order valence-corrected chi connectivity index (χ3v) is 2.97. The second kappa shape index (κ2) is 9.84. The van der Waals surface area contributed by atoms with Crippen LogP contribution in [-0.4, -0.2) is 44.6 Å². The van der Waals surface area contributed by atoms with E-state index >= 15 is 0 Å². The van der Waals surface area contributed by atoms with Gasteiger partial charge in [-0.15, -0.1) is 0 Å². The second-order valence-electron chi connectivity index (χ2n) is 4.91. The Bertz CT molecular complexity index is 428. The van der Waals surface area contributed by atoms with Crippen LogP contribution in [0.3, 0.4) is 0 Å². The first-order chi connectivity index (χ1) is 10.1. The largest absolute Gasteiger partial charge is 0.493 e. The number of aliphatic hydroxyl groups excluding tert-OH is 1. The fourth-order valence-corrected chi connectivity index (χ4v) is 2.11. The van der Waals surface area contributed by atoms with Crippen LogP contribution in [0.1, 0.15) is 19.4 Å².